The summed E-state index contributed by atoms with van der Waals surface area (Å²) >= 11 is 0. The highest BCUT2D eigenvalue weighted by Crippen LogP contribution is 2.33. The quantitative estimate of drug-likeness (QED) is 0.587. The summed E-state index contributed by atoms with van der Waals surface area (Å²) in [7, 11) is 1.64. The van der Waals surface area contributed by atoms with Gasteiger partial charge in [0.05, 0.1) is 16.5 Å². The number of carbonyl (C=O) groups is 1. The molecule has 2 N–H and O–H groups in total. The second-order valence-corrected chi connectivity index (χ2v) is 3.70. The molecule has 0 bridgehead atoms. The minimum Gasteiger partial charge on any atom is -0.333 e. The Morgan fingerprint density at radius 2 is 2.25 bits per heavy atom. The van der Waals surface area contributed by atoms with Gasteiger partial charge in [0.25, 0.3) is 11.6 Å². The fraction of sp³-hybridized carbons (Fsp3) is 0.300. The molecule has 1 amide bonds. The summed E-state index contributed by atoms with van der Waals surface area (Å²) in [6, 6.07) is 4.13. The Kier molecular flexibility index (Phi) is 2.35. The monoisotopic (exact) mass is 221 g/mol. The lowest BCUT2D eigenvalue weighted by Gasteiger charge is -2.18. The number of nitrogens with zero attached hydrogens (tertiary/aromatic N) is 2. The third-order valence-corrected chi connectivity index (χ3v) is 2.85. The van der Waals surface area contributed by atoms with Gasteiger partial charge >= 0.3 is 0 Å². The van der Waals surface area contributed by atoms with Crippen LogP contribution in [-0.2, 0) is 0 Å². The maximum absolute atomic E-state index is 11.8. The van der Waals surface area contributed by atoms with Crippen LogP contribution >= 0.6 is 0 Å². The zero-order valence-corrected chi connectivity index (χ0v) is 8.71. The molecule has 1 aliphatic heterocycles. The molecule has 0 radical (unpaired) electrons. The summed E-state index contributed by atoms with van der Waals surface area (Å²) in [5, 5.41) is 10.6. The summed E-state index contributed by atoms with van der Waals surface area (Å²) in [6.07, 6.45) is 0. The molecule has 0 aliphatic carbocycles. The van der Waals surface area contributed by atoms with Crippen molar-refractivity contribution in [3.8, 4) is 0 Å². The Morgan fingerprint density at radius 1 is 1.56 bits per heavy atom. The standard InChI is InChI=1S/C10H11N3O3/c1-12-9(5-11)7-3-2-6(13(15)16)4-8(7)10(12)14/h2-4,9H,5,11H2,1H3/t9-/m1/s1. The van der Waals surface area contributed by atoms with Crippen LogP contribution in [0.4, 0.5) is 5.69 Å². The van der Waals surface area contributed by atoms with Crippen LogP contribution in [0.5, 0.6) is 0 Å². The predicted molar refractivity (Wildman–Crippen MR) is 57.0 cm³/mol. The normalized spacial score (nSPS) is 18.8. The molecule has 0 fully saturated rings. The first-order chi connectivity index (χ1) is 7.56. The Balaban J connectivity index is 2.54. The number of benzene rings is 1. The second kappa shape index (κ2) is 3.57. The van der Waals surface area contributed by atoms with Gasteiger partial charge in [0.1, 0.15) is 0 Å². The molecule has 1 atom stereocenters. The number of hydrogen-bond donors (Lipinski definition) is 1. The van der Waals surface area contributed by atoms with Crippen LogP contribution in [0, 0.1) is 10.1 Å². The molecular weight excluding hydrogens is 210 g/mol. The van der Waals surface area contributed by atoms with Gasteiger partial charge < -0.3 is 10.6 Å². The fourth-order valence-corrected chi connectivity index (χ4v) is 1.96. The van der Waals surface area contributed by atoms with Crippen molar-refractivity contribution in [2.75, 3.05) is 13.6 Å². The van der Waals surface area contributed by atoms with Crippen LogP contribution in [0.3, 0.4) is 0 Å². The van der Waals surface area contributed by atoms with Crippen molar-refractivity contribution < 1.29 is 9.72 Å². The average molecular weight is 221 g/mol. The van der Waals surface area contributed by atoms with Crippen molar-refractivity contribution in [1.82, 2.24) is 4.90 Å². The largest absolute Gasteiger partial charge is 0.333 e. The summed E-state index contributed by atoms with van der Waals surface area (Å²) in [5.41, 5.74) is 6.65. The third kappa shape index (κ3) is 1.35. The van der Waals surface area contributed by atoms with E-state index in [1.807, 2.05) is 0 Å². The molecule has 84 valence electrons. The predicted octanol–water partition coefficient (Wildman–Crippen LogP) is 0.680. The Labute approximate surface area is 91.8 Å². The van der Waals surface area contributed by atoms with E-state index in [2.05, 4.69) is 0 Å². The van der Waals surface area contributed by atoms with E-state index in [1.165, 1.54) is 17.0 Å². The van der Waals surface area contributed by atoms with Gasteiger partial charge in [-0.15, -0.1) is 0 Å². The molecule has 1 aliphatic rings. The Bertz CT molecular complexity index is 472. The van der Waals surface area contributed by atoms with Crippen LogP contribution in [0.2, 0.25) is 0 Å². The SMILES string of the molecule is CN1C(=O)c2cc([N+](=O)[O-])ccc2[C@H]1CN. The van der Waals surface area contributed by atoms with Gasteiger partial charge in [-0.05, 0) is 11.6 Å². The van der Waals surface area contributed by atoms with Crippen LogP contribution in [0.1, 0.15) is 22.0 Å². The molecule has 0 aromatic heterocycles. The highest BCUT2D eigenvalue weighted by molar-refractivity contribution is 5.99. The van der Waals surface area contributed by atoms with Gasteiger partial charge in [0, 0.05) is 25.7 Å². The summed E-state index contributed by atoms with van der Waals surface area (Å²) in [4.78, 5) is 23.4. The summed E-state index contributed by atoms with van der Waals surface area (Å²) in [5.74, 6) is -0.214. The molecule has 6 heteroatoms. The topological polar surface area (TPSA) is 89.5 Å². The molecular formula is C10H11N3O3. The zero-order valence-electron chi connectivity index (χ0n) is 8.71. The number of hydrogen-bond acceptors (Lipinski definition) is 4. The van der Waals surface area contributed by atoms with Crippen LogP contribution in [0.25, 0.3) is 0 Å². The number of nitrogens with two attached hydrogens (primary N) is 1. The molecule has 1 aromatic carbocycles. The molecule has 1 aromatic rings. The molecule has 6 nitrogen and oxygen atoms in total. The molecule has 1 heterocycles. The number of nitro groups is 1. The Morgan fingerprint density at radius 3 is 2.81 bits per heavy atom. The van der Waals surface area contributed by atoms with E-state index in [1.54, 1.807) is 13.1 Å². The van der Waals surface area contributed by atoms with Gasteiger partial charge in [-0.1, -0.05) is 0 Å². The fourth-order valence-electron chi connectivity index (χ4n) is 1.96. The number of nitro benzene ring substituents is 1. The van der Waals surface area contributed by atoms with Gasteiger partial charge in [-0.25, -0.2) is 0 Å². The van der Waals surface area contributed by atoms with E-state index < -0.39 is 4.92 Å². The van der Waals surface area contributed by atoms with Crippen molar-refractivity contribution in [2.24, 2.45) is 5.73 Å². The number of fused-ring (bicyclic) bond motifs is 1. The van der Waals surface area contributed by atoms with Gasteiger partial charge in [-0.3, -0.25) is 14.9 Å². The zero-order chi connectivity index (χ0) is 11.9. The second-order valence-electron chi connectivity index (χ2n) is 3.70. The minimum atomic E-state index is -0.511. The smallest absolute Gasteiger partial charge is 0.270 e. The van der Waals surface area contributed by atoms with E-state index in [0.29, 0.717) is 12.1 Å². The first-order valence-corrected chi connectivity index (χ1v) is 4.82. The average Bonchev–Trinajstić information content (AvgIpc) is 2.51. The van der Waals surface area contributed by atoms with Crippen molar-refractivity contribution in [2.45, 2.75) is 6.04 Å². The van der Waals surface area contributed by atoms with Crippen LogP contribution < -0.4 is 5.73 Å². The highest BCUT2D eigenvalue weighted by atomic mass is 16.6. The van der Waals surface area contributed by atoms with E-state index in [-0.39, 0.29) is 17.6 Å². The number of carbonyl (C=O) groups excluding carboxylic acids is 1. The van der Waals surface area contributed by atoms with Gasteiger partial charge in [0.2, 0.25) is 0 Å². The molecule has 0 unspecified atom stereocenters. The van der Waals surface area contributed by atoms with E-state index in [4.69, 9.17) is 5.73 Å². The number of non-ortho nitro benzene ring substituents is 1. The molecule has 0 saturated heterocycles. The lowest BCUT2D eigenvalue weighted by atomic mass is 10.0. The molecule has 0 spiro atoms. The van der Waals surface area contributed by atoms with Crippen molar-refractivity contribution in [3.05, 3.63) is 39.4 Å². The van der Waals surface area contributed by atoms with E-state index >= 15 is 0 Å². The lowest BCUT2D eigenvalue weighted by Crippen LogP contribution is -2.28. The maximum atomic E-state index is 11.8. The van der Waals surface area contributed by atoms with Crippen molar-refractivity contribution in [3.63, 3.8) is 0 Å². The third-order valence-electron chi connectivity index (χ3n) is 2.85. The molecule has 16 heavy (non-hydrogen) atoms. The first kappa shape index (κ1) is 10.6. The van der Waals surface area contributed by atoms with Crippen LogP contribution in [-0.4, -0.2) is 29.3 Å². The summed E-state index contributed by atoms with van der Waals surface area (Å²) in [6.45, 7) is 0.313. The van der Waals surface area contributed by atoms with Crippen molar-refractivity contribution >= 4 is 11.6 Å². The number of likely N-dealkylation sites (N-methyl/N-ethyl adjacent to an activating group) is 1. The van der Waals surface area contributed by atoms with Gasteiger partial charge in [-0.2, -0.15) is 0 Å². The van der Waals surface area contributed by atoms with Gasteiger partial charge in [0.15, 0.2) is 0 Å². The Hall–Kier alpha value is -1.95. The number of rotatable bonds is 2. The number of amides is 1. The first-order valence-electron chi connectivity index (χ1n) is 4.82. The van der Waals surface area contributed by atoms with E-state index in [0.717, 1.165) is 5.56 Å². The lowest BCUT2D eigenvalue weighted by molar-refractivity contribution is -0.384. The van der Waals surface area contributed by atoms with Crippen molar-refractivity contribution in [1.29, 1.82) is 0 Å². The maximum Gasteiger partial charge on any atom is 0.270 e. The molecule has 2 rings (SSSR count). The van der Waals surface area contributed by atoms with E-state index in [9.17, 15) is 14.9 Å². The van der Waals surface area contributed by atoms with Crippen LogP contribution in [0.15, 0.2) is 18.2 Å². The molecule has 0 saturated carbocycles. The highest BCUT2D eigenvalue weighted by Gasteiger charge is 2.34. The minimum absolute atomic E-state index is 0.0711. The summed E-state index contributed by atoms with van der Waals surface area (Å²) < 4.78 is 0.